The maximum absolute atomic E-state index is 13.7. The Kier molecular flexibility index (Phi) is 3.73. The van der Waals surface area contributed by atoms with Crippen molar-refractivity contribution in [3.05, 3.63) is 69.3 Å². The van der Waals surface area contributed by atoms with E-state index in [1.807, 2.05) is 0 Å². The van der Waals surface area contributed by atoms with Gasteiger partial charge in [0.1, 0.15) is 0 Å². The van der Waals surface area contributed by atoms with Gasteiger partial charge in [-0.1, -0.05) is 18.2 Å². The summed E-state index contributed by atoms with van der Waals surface area (Å²) in [7, 11) is 0. The standard InChI is InChI=1S/C21H19F3N2O2/c22-21(23,24)16-4-2-1-3-14(16)20-19-12-6-5-11(9-12)18(19)15-10-13(26(27)28)7-8-17(15)25-20/h1-4,7-8,10-12,18-20,25H,5-6,9H2/t11-,12-,18-,19-,20+/m0/s1. The number of nitro groups is 1. The van der Waals surface area contributed by atoms with Crippen LogP contribution >= 0.6 is 0 Å². The van der Waals surface area contributed by atoms with E-state index in [2.05, 4.69) is 5.32 Å². The van der Waals surface area contributed by atoms with E-state index in [1.54, 1.807) is 24.3 Å². The first-order valence-corrected chi connectivity index (χ1v) is 9.55. The molecule has 1 N–H and O–H groups in total. The predicted molar refractivity (Wildman–Crippen MR) is 98.0 cm³/mol. The number of fused-ring (bicyclic) bond motifs is 7. The van der Waals surface area contributed by atoms with Crippen LogP contribution in [0, 0.1) is 27.9 Å². The number of halogens is 3. The van der Waals surface area contributed by atoms with E-state index in [4.69, 9.17) is 0 Å². The number of non-ortho nitro benzene ring substituents is 1. The number of nitrogens with zero attached hydrogens (tertiary/aromatic N) is 1. The SMILES string of the molecule is O=[N+]([O-])c1ccc2c(c1)[C@@H]1[C@H]3CC[C@@H](C3)[C@@H]1[C@@H](c1ccccc1C(F)(F)F)N2. The lowest BCUT2D eigenvalue weighted by molar-refractivity contribution is -0.384. The van der Waals surface area contributed by atoms with E-state index < -0.39 is 22.7 Å². The molecule has 7 heteroatoms. The van der Waals surface area contributed by atoms with Crippen LogP contribution in [0.3, 0.4) is 0 Å². The molecular weight excluding hydrogens is 369 g/mol. The highest BCUT2D eigenvalue weighted by Gasteiger charge is 2.55. The normalized spacial score (nSPS) is 30.5. The van der Waals surface area contributed by atoms with Gasteiger partial charge in [0.2, 0.25) is 0 Å². The molecule has 146 valence electrons. The van der Waals surface area contributed by atoms with Crippen molar-refractivity contribution in [1.29, 1.82) is 0 Å². The number of alkyl halides is 3. The molecule has 2 aromatic rings. The third-order valence-corrected chi connectivity index (χ3v) is 6.88. The van der Waals surface area contributed by atoms with Crippen molar-refractivity contribution in [2.24, 2.45) is 17.8 Å². The number of benzene rings is 2. The molecule has 2 fully saturated rings. The Labute approximate surface area is 159 Å². The van der Waals surface area contributed by atoms with Crippen LogP contribution in [0.25, 0.3) is 0 Å². The van der Waals surface area contributed by atoms with Crippen LogP contribution in [-0.2, 0) is 6.18 Å². The molecule has 2 aromatic carbocycles. The molecule has 3 aliphatic rings. The third kappa shape index (κ3) is 2.52. The summed E-state index contributed by atoms with van der Waals surface area (Å²) in [6.45, 7) is 0. The Bertz CT molecular complexity index is 959. The number of hydrogen-bond donors (Lipinski definition) is 1. The Hall–Kier alpha value is -2.57. The molecule has 28 heavy (non-hydrogen) atoms. The average molecular weight is 388 g/mol. The van der Waals surface area contributed by atoms with Crippen LogP contribution in [0.5, 0.6) is 0 Å². The molecule has 0 amide bonds. The maximum atomic E-state index is 13.7. The van der Waals surface area contributed by atoms with Gasteiger partial charge >= 0.3 is 6.18 Å². The van der Waals surface area contributed by atoms with Crippen LogP contribution in [-0.4, -0.2) is 4.92 Å². The van der Waals surface area contributed by atoms with Crippen molar-refractivity contribution >= 4 is 11.4 Å². The molecule has 1 heterocycles. The molecule has 0 aromatic heterocycles. The fourth-order valence-corrected chi connectivity index (χ4v) is 5.92. The van der Waals surface area contributed by atoms with E-state index in [1.165, 1.54) is 12.1 Å². The van der Waals surface area contributed by atoms with Crippen LogP contribution in [0.4, 0.5) is 24.5 Å². The van der Waals surface area contributed by atoms with E-state index in [0.29, 0.717) is 11.8 Å². The van der Waals surface area contributed by atoms with Gasteiger partial charge in [-0.3, -0.25) is 10.1 Å². The number of rotatable bonds is 2. The number of nitrogens with one attached hydrogen (secondary N) is 1. The molecule has 2 aliphatic carbocycles. The molecule has 4 nitrogen and oxygen atoms in total. The van der Waals surface area contributed by atoms with Gasteiger partial charge in [0.25, 0.3) is 5.69 Å². The van der Waals surface area contributed by atoms with Crippen LogP contribution in [0.15, 0.2) is 42.5 Å². The average Bonchev–Trinajstić information content (AvgIpc) is 3.28. The van der Waals surface area contributed by atoms with Crippen LogP contribution < -0.4 is 5.32 Å². The summed E-state index contributed by atoms with van der Waals surface area (Å²) in [5.41, 5.74) is 1.34. The van der Waals surface area contributed by atoms with Gasteiger partial charge in [0, 0.05) is 17.8 Å². The summed E-state index contributed by atoms with van der Waals surface area (Å²) >= 11 is 0. The van der Waals surface area contributed by atoms with Crippen LogP contribution in [0.1, 0.15) is 47.9 Å². The highest BCUT2D eigenvalue weighted by molar-refractivity contribution is 5.62. The van der Waals surface area contributed by atoms with Crippen LogP contribution in [0.2, 0.25) is 0 Å². The Morgan fingerprint density at radius 2 is 1.79 bits per heavy atom. The second-order valence-corrected chi connectivity index (χ2v) is 8.17. The summed E-state index contributed by atoms with van der Waals surface area (Å²) < 4.78 is 41.0. The van der Waals surface area contributed by atoms with Gasteiger partial charge < -0.3 is 5.32 Å². The van der Waals surface area contributed by atoms with Crippen molar-refractivity contribution in [3.8, 4) is 0 Å². The molecule has 5 atom stereocenters. The molecule has 0 saturated heterocycles. The largest absolute Gasteiger partial charge is 0.416 e. The lowest BCUT2D eigenvalue weighted by Gasteiger charge is -2.44. The van der Waals surface area contributed by atoms with Crippen molar-refractivity contribution in [1.82, 2.24) is 0 Å². The Morgan fingerprint density at radius 1 is 1.04 bits per heavy atom. The lowest BCUT2D eigenvalue weighted by Crippen LogP contribution is -2.36. The zero-order chi connectivity index (χ0) is 19.6. The molecule has 5 rings (SSSR count). The van der Waals surface area contributed by atoms with E-state index in [0.717, 1.165) is 36.6 Å². The minimum atomic E-state index is -4.42. The molecule has 0 radical (unpaired) electrons. The monoisotopic (exact) mass is 388 g/mol. The molecule has 1 aliphatic heterocycles. The number of anilines is 1. The predicted octanol–water partition coefficient (Wildman–Crippen LogP) is 5.91. The molecule has 0 spiro atoms. The van der Waals surface area contributed by atoms with E-state index in [9.17, 15) is 23.3 Å². The Balaban J connectivity index is 1.65. The summed E-state index contributed by atoms with van der Waals surface area (Å²) in [6.07, 6.45) is -1.37. The van der Waals surface area contributed by atoms with Gasteiger partial charge in [-0.05, 0) is 66.2 Å². The summed E-state index contributed by atoms with van der Waals surface area (Å²) in [5.74, 6) is 0.831. The van der Waals surface area contributed by atoms with Gasteiger partial charge in [-0.15, -0.1) is 0 Å². The quantitative estimate of drug-likeness (QED) is 0.514. The topological polar surface area (TPSA) is 55.2 Å². The van der Waals surface area contributed by atoms with Crippen molar-refractivity contribution in [3.63, 3.8) is 0 Å². The first-order chi connectivity index (χ1) is 13.3. The smallest absolute Gasteiger partial charge is 0.378 e. The van der Waals surface area contributed by atoms with E-state index in [-0.39, 0.29) is 23.1 Å². The highest BCUT2D eigenvalue weighted by atomic mass is 19.4. The van der Waals surface area contributed by atoms with E-state index >= 15 is 0 Å². The minimum Gasteiger partial charge on any atom is -0.378 e. The first kappa shape index (κ1) is 17.5. The second-order valence-electron chi connectivity index (χ2n) is 8.17. The molecule has 0 unspecified atom stereocenters. The molecular formula is C21H19F3N2O2. The van der Waals surface area contributed by atoms with Gasteiger partial charge in [0.05, 0.1) is 16.5 Å². The number of nitro benzene ring substituents is 1. The van der Waals surface area contributed by atoms with Crippen molar-refractivity contribution in [2.45, 2.75) is 37.4 Å². The summed E-state index contributed by atoms with van der Waals surface area (Å²) in [6, 6.07) is 10.0. The number of hydrogen-bond acceptors (Lipinski definition) is 3. The Morgan fingerprint density at radius 3 is 2.54 bits per heavy atom. The van der Waals surface area contributed by atoms with Gasteiger partial charge in [-0.25, -0.2) is 0 Å². The zero-order valence-electron chi connectivity index (χ0n) is 14.9. The van der Waals surface area contributed by atoms with Gasteiger partial charge in [-0.2, -0.15) is 13.2 Å². The maximum Gasteiger partial charge on any atom is 0.416 e. The highest BCUT2D eigenvalue weighted by Crippen LogP contribution is 2.64. The minimum absolute atomic E-state index is 0.0248. The first-order valence-electron chi connectivity index (χ1n) is 9.55. The zero-order valence-corrected chi connectivity index (χ0v) is 14.9. The van der Waals surface area contributed by atoms with Crippen molar-refractivity contribution in [2.75, 3.05) is 5.32 Å². The fourth-order valence-electron chi connectivity index (χ4n) is 5.92. The summed E-state index contributed by atoms with van der Waals surface area (Å²) in [5, 5.41) is 14.6. The lowest BCUT2D eigenvalue weighted by atomic mass is 9.67. The summed E-state index contributed by atoms with van der Waals surface area (Å²) in [4.78, 5) is 10.8. The molecule has 2 saturated carbocycles. The second kappa shape index (κ2) is 5.96. The molecule has 2 bridgehead atoms. The van der Waals surface area contributed by atoms with Crippen molar-refractivity contribution < 1.29 is 18.1 Å². The fraction of sp³-hybridized carbons (Fsp3) is 0.429. The third-order valence-electron chi connectivity index (χ3n) is 6.88. The van der Waals surface area contributed by atoms with Gasteiger partial charge in [0.15, 0.2) is 0 Å².